The van der Waals surface area contributed by atoms with E-state index in [2.05, 4.69) is 30.7 Å². The zero-order chi connectivity index (χ0) is 16.3. The van der Waals surface area contributed by atoms with E-state index in [1.807, 2.05) is 20.0 Å². The number of ether oxygens (including phenoxy) is 1. The molecule has 0 fully saturated rings. The molecule has 120 valence electrons. The Morgan fingerprint density at radius 1 is 1.09 bits per heavy atom. The molecule has 0 unspecified atom stereocenters. The monoisotopic (exact) mass is 302 g/mol. The Balaban J connectivity index is 2.64. The van der Waals surface area contributed by atoms with Crippen molar-refractivity contribution in [2.75, 3.05) is 6.61 Å². The van der Waals surface area contributed by atoms with E-state index < -0.39 is 0 Å². The third-order valence-electron chi connectivity index (χ3n) is 4.25. The van der Waals surface area contributed by atoms with Crippen molar-refractivity contribution in [3.05, 3.63) is 34.1 Å². The number of nitrogens with one attached hydrogen (secondary N) is 2. The molecule has 4 nitrogen and oxygen atoms in total. The highest BCUT2D eigenvalue weighted by molar-refractivity contribution is 5.98. The number of H-pyrrole nitrogens is 2. The summed E-state index contributed by atoms with van der Waals surface area (Å²) in [5, 5.41) is 0. The minimum Gasteiger partial charge on any atom is -0.462 e. The van der Waals surface area contributed by atoms with Gasteiger partial charge in [0.15, 0.2) is 0 Å². The van der Waals surface area contributed by atoms with Crippen LogP contribution in [0.4, 0.5) is 0 Å². The number of aromatic nitrogens is 2. The van der Waals surface area contributed by atoms with Gasteiger partial charge >= 0.3 is 5.97 Å². The summed E-state index contributed by atoms with van der Waals surface area (Å²) >= 11 is 0. The zero-order valence-electron chi connectivity index (χ0n) is 14.2. The molecule has 0 bridgehead atoms. The topological polar surface area (TPSA) is 57.9 Å². The van der Waals surface area contributed by atoms with E-state index in [9.17, 15) is 4.79 Å². The van der Waals surface area contributed by atoms with Crippen molar-refractivity contribution in [3.63, 3.8) is 0 Å². The van der Waals surface area contributed by atoms with Crippen LogP contribution in [0, 0.1) is 6.92 Å². The average Bonchev–Trinajstić information content (AvgIpc) is 3.07. The molecule has 0 aromatic carbocycles. The molecule has 0 amide bonds. The molecule has 0 atom stereocenters. The number of hydrogen-bond acceptors (Lipinski definition) is 2. The van der Waals surface area contributed by atoms with Crippen molar-refractivity contribution < 1.29 is 9.53 Å². The van der Waals surface area contributed by atoms with Gasteiger partial charge in [0.05, 0.1) is 23.6 Å². The molecule has 22 heavy (non-hydrogen) atoms. The maximum atomic E-state index is 12.4. The third kappa shape index (κ3) is 2.70. The number of hydrogen-bond donors (Lipinski definition) is 2. The molecule has 0 radical (unpaired) electrons. The van der Waals surface area contributed by atoms with Crippen molar-refractivity contribution in [2.24, 2.45) is 0 Å². The summed E-state index contributed by atoms with van der Waals surface area (Å²) in [5.41, 5.74) is 7.21. The molecule has 0 aliphatic rings. The minimum absolute atomic E-state index is 0.249. The first-order chi connectivity index (χ1) is 10.6. The number of rotatable bonds is 6. The van der Waals surface area contributed by atoms with E-state index in [4.69, 9.17) is 4.74 Å². The smallest absolute Gasteiger partial charge is 0.340 e. The second-order valence-electron chi connectivity index (χ2n) is 5.43. The molecule has 0 saturated carbocycles. The molecule has 2 rings (SSSR count). The first-order valence-corrected chi connectivity index (χ1v) is 8.16. The van der Waals surface area contributed by atoms with E-state index in [0.29, 0.717) is 12.2 Å². The molecular weight excluding hydrogens is 276 g/mol. The lowest BCUT2D eigenvalue weighted by molar-refractivity contribution is 0.0526. The molecule has 0 aliphatic carbocycles. The average molecular weight is 302 g/mol. The summed E-state index contributed by atoms with van der Waals surface area (Å²) in [6.45, 7) is 10.6. The number of aryl methyl sites for hydroxylation is 2. The van der Waals surface area contributed by atoms with Gasteiger partial charge in [0.2, 0.25) is 0 Å². The van der Waals surface area contributed by atoms with Crippen LogP contribution in [-0.4, -0.2) is 22.5 Å². The lowest BCUT2D eigenvalue weighted by Crippen LogP contribution is -2.07. The van der Waals surface area contributed by atoms with E-state index in [1.165, 1.54) is 11.1 Å². The third-order valence-corrected chi connectivity index (χ3v) is 4.25. The van der Waals surface area contributed by atoms with Crippen molar-refractivity contribution in [2.45, 2.75) is 53.9 Å². The van der Waals surface area contributed by atoms with Crippen LogP contribution >= 0.6 is 0 Å². The fraction of sp³-hybridized carbons (Fsp3) is 0.500. The fourth-order valence-corrected chi connectivity index (χ4v) is 3.08. The van der Waals surface area contributed by atoms with Crippen molar-refractivity contribution >= 4 is 5.97 Å². The van der Waals surface area contributed by atoms with Gasteiger partial charge in [-0.2, -0.15) is 0 Å². The summed E-state index contributed by atoms with van der Waals surface area (Å²) in [5.74, 6) is -0.249. The molecule has 2 N–H and O–H groups in total. The molecule has 2 heterocycles. The van der Waals surface area contributed by atoms with E-state index in [0.717, 1.165) is 41.9 Å². The fourth-order valence-electron chi connectivity index (χ4n) is 3.08. The van der Waals surface area contributed by atoms with Crippen LogP contribution in [-0.2, 0) is 24.0 Å². The van der Waals surface area contributed by atoms with Gasteiger partial charge in [-0.1, -0.05) is 20.8 Å². The van der Waals surface area contributed by atoms with Crippen LogP contribution in [0.15, 0.2) is 6.20 Å². The Morgan fingerprint density at radius 3 is 2.36 bits per heavy atom. The van der Waals surface area contributed by atoms with Crippen LogP contribution in [0.1, 0.15) is 60.4 Å². The maximum absolute atomic E-state index is 12.4. The Kier molecular flexibility index (Phi) is 5.11. The maximum Gasteiger partial charge on any atom is 0.340 e. The second-order valence-corrected chi connectivity index (χ2v) is 5.43. The van der Waals surface area contributed by atoms with Gasteiger partial charge in [-0.25, -0.2) is 4.79 Å². The predicted molar refractivity (Wildman–Crippen MR) is 89.4 cm³/mol. The van der Waals surface area contributed by atoms with Crippen LogP contribution in [0.2, 0.25) is 0 Å². The lowest BCUT2D eigenvalue weighted by atomic mass is 10.0. The van der Waals surface area contributed by atoms with Gasteiger partial charge < -0.3 is 14.7 Å². The van der Waals surface area contributed by atoms with Crippen LogP contribution < -0.4 is 0 Å². The molecule has 2 aromatic heterocycles. The van der Waals surface area contributed by atoms with Gasteiger partial charge in [-0.15, -0.1) is 0 Å². The first-order valence-electron chi connectivity index (χ1n) is 8.16. The largest absolute Gasteiger partial charge is 0.462 e. The van der Waals surface area contributed by atoms with Gasteiger partial charge in [-0.3, -0.25) is 0 Å². The molecule has 4 heteroatoms. The normalized spacial score (nSPS) is 11.0. The number of carbonyl (C=O) groups is 1. The molecule has 0 aliphatic heterocycles. The van der Waals surface area contributed by atoms with Gasteiger partial charge in [0.25, 0.3) is 0 Å². The summed E-state index contributed by atoms with van der Waals surface area (Å²) in [7, 11) is 0. The lowest BCUT2D eigenvalue weighted by Gasteiger charge is -2.07. The van der Waals surface area contributed by atoms with Gasteiger partial charge in [0.1, 0.15) is 0 Å². The summed E-state index contributed by atoms with van der Waals surface area (Å²) in [4.78, 5) is 19.2. The van der Waals surface area contributed by atoms with Gasteiger partial charge in [-0.05, 0) is 49.8 Å². The Bertz CT molecular complexity index is 665. The summed E-state index contributed by atoms with van der Waals surface area (Å²) in [6, 6.07) is 0. The highest BCUT2D eigenvalue weighted by Crippen LogP contribution is 2.32. The Morgan fingerprint density at radius 2 is 1.82 bits per heavy atom. The molecule has 2 aromatic rings. The van der Waals surface area contributed by atoms with Crippen LogP contribution in [0.5, 0.6) is 0 Å². The molecule has 0 saturated heterocycles. The van der Waals surface area contributed by atoms with E-state index >= 15 is 0 Å². The first kappa shape index (κ1) is 16.4. The number of aromatic amines is 2. The van der Waals surface area contributed by atoms with Crippen molar-refractivity contribution in [1.82, 2.24) is 9.97 Å². The summed E-state index contributed by atoms with van der Waals surface area (Å²) in [6.07, 6.45) is 4.82. The quantitative estimate of drug-likeness (QED) is 0.786. The number of carbonyl (C=O) groups excluding carboxylic acids is 1. The predicted octanol–water partition coefficient (Wildman–Crippen LogP) is 4.18. The molecule has 0 spiro atoms. The van der Waals surface area contributed by atoms with Crippen molar-refractivity contribution in [3.8, 4) is 11.4 Å². The minimum atomic E-state index is -0.249. The standard InChI is InChI=1S/C18H26N2O2/c1-6-12-10-19-16(13(12)7-2)17-15(18(21)22-9-4)11(5)14(8-3)20-17/h10,19-20H,6-9H2,1-5H3. The van der Waals surface area contributed by atoms with Crippen LogP contribution in [0.3, 0.4) is 0 Å². The van der Waals surface area contributed by atoms with E-state index in [-0.39, 0.29) is 5.97 Å². The number of esters is 1. The summed E-state index contributed by atoms with van der Waals surface area (Å²) < 4.78 is 5.26. The van der Waals surface area contributed by atoms with Crippen LogP contribution in [0.25, 0.3) is 11.4 Å². The SMILES string of the molecule is CCOC(=O)c1c(-c2[nH]cc(CC)c2CC)[nH]c(CC)c1C. The van der Waals surface area contributed by atoms with Gasteiger partial charge in [0, 0.05) is 11.9 Å². The highest BCUT2D eigenvalue weighted by atomic mass is 16.5. The Hall–Kier alpha value is -1.97. The zero-order valence-corrected chi connectivity index (χ0v) is 14.2. The molecular formula is C18H26N2O2. The second kappa shape index (κ2) is 6.86. The Labute approximate surface area is 132 Å². The van der Waals surface area contributed by atoms with Crippen molar-refractivity contribution in [1.29, 1.82) is 0 Å². The highest BCUT2D eigenvalue weighted by Gasteiger charge is 2.24. The van der Waals surface area contributed by atoms with E-state index in [1.54, 1.807) is 0 Å².